The summed E-state index contributed by atoms with van der Waals surface area (Å²) in [5.41, 5.74) is 0. The van der Waals surface area contributed by atoms with Gasteiger partial charge in [-0.2, -0.15) is 0 Å². The van der Waals surface area contributed by atoms with E-state index in [2.05, 4.69) is 33.9 Å². The molecule has 3 nitrogen and oxygen atoms in total. The van der Waals surface area contributed by atoms with Crippen LogP contribution in [0.25, 0.3) is 0 Å². The monoisotopic (exact) mass is 232 g/mol. The minimum atomic E-state index is -1.83. The molecule has 0 aromatic heterocycles. The van der Waals surface area contributed by atoms with Gasteiger partial charge in [-0.3, -0.25) is 0 Å². The fourth-order valence-corrected chi connectivity index (χ4v) is 1.72. The molecule has 15 heavy (non-hydrogen) atoms. The quantitative estimate of drug-likeness (QED) is 0.548. The molecule has 0 heterocycles. The molecule has 0 aromatic carbocycles. The summed E-state index contributed by atoms with van der Waals surface area (Å²) in [5, 5.41) is 0.158. The van der Waals surface area contributed by atoms with E-state index in [4.69, 9.17) is 13.9 Å². The van der Waals surface area contributed by atoms with Crippen molar-refractivity contribution in [3.05, 3.63) is 11.7 Å². The largest absolute Gasteiger partial charge is 0.517 e. The molecule has 0 fully saturated rings. The van der Waals surface area contributed by atoms with Gasteiger partial charge in [-0.05, 0) is 18.1 Å². The molecule has 0 unspecified atom stereocenters. The van der Waals surface area contributed by atoms with Crippen LogP contribution in [0, 0.1) is 0 Å². The fraction of sp³-hybridized carbons (Fsp3) is 0.818. The number of methoxy groups -OCH3 is 2. The molecule has 0 saturated carbocycles. The van der Waals surface area contributed by atoms with Crippen LogP contribution in [-0.4, -0.2) is 22.5 Å². The Morgan fingerprint density at radius 3 is 1.73 bits per heavy atom. The number of hydrogen-bond donors (Lipinski definition) is 0. The van der Waals surface area contributed by atoms with Crippen molar-refractivity contribution in [1.82, 2.24) is 0 Å². The maximum Gasteiger partial charge on any atom is 0.304 e. The SMILES string of the molecule is CO/C(C)=C(\OC)O[Si](C)(C)C(C)(C)C. The van der Waals surface area contributed by atoms with Gasteiger partial charge in [0.25, 0.3) is 8.32 Å². The van der Waals surface area contributed by atoms with Gasteiger partial charge in [0.2, 0.25) is 0 Å². The molecule has 0 N–H and O–H groups in total. The van der Waals surface area contributed by atoms with Gasteiger partial charge in [0.15, 0.2) is 5.76 Å². The average molecular weight is 232 g/mol. The molecule has 0 aromatic rings. The molecular formula is C11H24O3Si. The Labute approximate surface area is 94.5 Å². The minimum absolute atomic E-state index is 0.158. The van der Waals surface area contributed by atoms with Crippen LogP contribution in [0.4, 0.5) is 0 Å². The predicted molar refractivity (Wildman–Crippen MR) is 65.0 cm³/mol. The zero-order valence-electron chi connectivity index (χ0n) is 11.2. The third-order valence-corrected chi connectivity index (χ3v) is 7.24. The summed E-state index contributed by atoms with van der Waals surface area (Å²) in [6.45, 7) is 12.8. The Hall–Kier alpha value is -0.643. The van der Waals surface area contributed by atoms with Crippen LogP contribution >= 0.6 is 0 Å². The summed E-state index contributed by atoms with van der Waals surface area (Å²) >= 11 is 0. The second-order valence-electron chi connectivity index (χ2n) is 5.11. The minimum Gasteiger partial charge on any atom is -0.517 e. The van der Waals surface area contributed by atoms with Gasteiger partial charge in [0.05, 0.1) is 14.2 Å². The van der Waals surface area contributed by atoms with Gasteiger partial charge >= 0.3 is 5.95 Å². The first-order valence-corrected chi connectivity index (χ1v) is 8.04. The van der Waals surface area contributed by atoms with Crippen LogP contribution in [0.2, 0.25) is 18.1 Å². The van der Waals surface area contributed by atoms with Crippen molar-refractivity contribution in [3.63, 3.8) is 0 Å². The normalized spacial score (nSPS) is 14.4. The van der Waals surface area contributed by atoms with Crippen LogP contribution in [-0.2, 0) is 13.9 Å². The summed E-state index contributed by atoms with van der Waals surface area (Å²) in [4.78, 5) is 0. The van der Waals surface area contributed by atoms with Gasteiger partial charge in [0.1, 0.15) is 0 Å². The lowest BCUT2D eigenvalue weighted by Gasteiger charge is -2.36. The average Bonchev–Trinajstić information content (AvgIpc) is 2.11. The molecule has 0 aliphatic heterocycles. The lowest BCUT2D eigenvalue weighted by Crippen LogP contribution is -2.40. The van der Waals surface area contributed by atoms with E-state index in [1.54, 1.807) is 14.2 Å². The van der Waals surface area contributed by atoms with Crippen molar-refractivity contribution in [2.45, 2.75) is 45.8 Å². The van der Waals surface area contributed by atoms with Crippen molar-refractivity contribution < 1.29 is 13.9 Å². The second-order valence-corrected chi connectivity index (χ2v) is 9.84. The maximum atomic E-state index is 5.98. The van der Waals surface area contributed by atoms with Gasteiger partial charge < -0.3 is 13.9 Å². The van der Waals surface area contributed by atoms with Crippen molar-refractivity contribution in [1.29, 1.82) is 0 Å². The number of hydrogen-bond acceptors (Lipinski definition) is 3. The van der Waals surface area contributed by atoms with E-state index in [1.165, 1.54) is 0 Å². The highest BCUT2D eigenvalue weighted by atomic mass is 28.4. The smallest absolute Gasteiger partial charge is 0.304 e. The topological polar surface area (TPSA) is 27.7 Å². The summed E-state index contributed by atoms with van der Waals surface area (Å²) in [6.07, 6.45) is 0. The van der Waals surface area contributed by atoms with Gasteiger partial charge in [-0.25, -0.2) is 0 Å². The van der Waals surface area contributed by atoms with Gasteiger partial charge in [0, 0.05) is 6.92 Å². The van der Waals surface area contributed by atoms with E-state index in [1.807, 2.05) is 6.92 Å². The first-order chi connectivity index (χ1) is 6.65. The van der Waals surface area contributed by atoms with E-state index in [-0.39, 0.29) is 5.04 Å². The van der Waals surface area contributed by atoms with E-state index in [9.17, 15) is 0 Å². The molecule has 0 aliphatic rings. The Balaban J connectivity index is 4.85. The molecule has 0 rings (SSSR count). The summed E-state index contributed by atoms with van der Waals surface area (Å²) in [6, 6.07) is 0. The zero-order chi connectivity index (χ0) is 12.3. The molecule has 0 atom stereocenters. The number of ether oxygens (including phenoxy) is 2. The highest BCUT2D eigenvalue weighted by Gasteiger charge is 2.40. The summed E-state index contributed by atoms with van der Waals surface area (Å²) in [7, 11) is 1.39. The van der Waals surface area contributed by atoms with Crippen LogP contribution in [0.3, 0.4) is 0 Å². The number of rotatable bonds is 4. The van der Waals surface area contributed by atoms with Gasteiger partial charge in [-0.1, -0.05) is 20.8 Å². The molecule has 0 amide bonds. The Kier molecular flexibility index (Phi) is 4.71. The standard InChI is InChI=1S/C11H24O3Si/c1-9(12-5)10(13-6)14-15(7,8)11(2,3)4/h1-8H3/b10-9+. The molecule has 0 saturated heterocycles. The third-order valence-electron chi connectivity index (χ3n) is 2.93. The zero-order valence-corrected chi connectivity index (χ0v) is 12.2. The molecule has 0 radical (unpaired) electrons. The molecule has 0 bridgehead atoms. The molecular weight excluding hydrogens is 208 g/mol. The second kappa shape index (κ2) is 4.92. The van der Waals surface area contributed by atoms with Crippen molar-refractivity contribution in [3.8, 4) is 0 Å². The van der Waals surface area contributed by atoms with Crippen molar-refractivity contribution in [2.24, 2.45) is 0 Å². The summed E-state index contributed by atoms with van der Waals surface area (Å²) < 4.78 is 16.3. The Bertz CT molecular complexity index is 239. The van der Waals surface area contributed by atoms with E-state index < -0.39 is 8.32 Å². The van der Waals surface area contributed by atoms with Crippen molar-refractivity contribution in [2.75, 3.05) is 14.2 Å². The Morgan fingerprint density at radius 2 is 1.47 bits per heavy atom. The molecule has 0 aliphatic carbocycles. The van der Waals surface area contributed by atoms with E-state index >= 15 is 0 Å². The molecule has 90 valence electrons. The van der Waals surface area contributed by atoms with E-state index in [0.717, 1.165) is 0 Å². The van der Waals surface area contributed by atoms with Crippen molar-refractivity contribution >= 4 is 8.32 Å². The van der Waals surface area contributed by atoms with Gasteiger partial charge in [-0.15, -0.1) is 0 Å². The highest BCUT2D eigenvalue weighted by Crippen LogP contribution is 2.38. The third kappa shape index (κ3) is 3.78. The highest BCUT2D eigenvalue weighted by molar-refractivity contribution is 6.74. The van der Waals surface area contributed by atoms with Crippen LogP contribution < -0.4 is 0 Å². The van der Waals surface area contributed by atoms with Crippen LogP contribution in [0.15, 0.2) is 11.7 Å². The first kappa shape index (κ1) is 14.4. The fourth-order valence-electron chi connectivity index (χ4n) is 0.725. The lowest BCUT2D eigenvalue weighted by atomic mass is 10.2. The maximum absolute atomic E-state index is 5.98. The molecule has 4 heteroatoms. The van der Waals surface area contributed by atoms with Crippen LogP contribution in [0.5, 0.6) is 0 Å². The van der Waals surface area contributed by atoms with Crippen LogP contribution in [0.1, 0.15) is 27.7 Å². The summed E-state index contributed by atoms with van der Waals surface area (Å²) in [5.74, 6) is 1.19. The van der Waals surface area contributed by atoms with E-state index in [0.29, 0.717) is 11.7 Å². The Morgan fingerprint density at radius 1 is 1.00 bits per heavy atom. The number of allylic oxidation sites excluding steroid dienone is 1. The lowest BCUT2D eigenvalue weighted by molar-refractivity contribution is 0.108. The predicted octanol–water partition coefficient (Wildman–Crippen LogP) is 3.49. The first-order valence-electron chi connectivity index (χ1n) is 5.13. The molecule has 0 spiro atoms.